The fourth-order valence-electron chi connectivity index (χ4n) is 4.92. The molecule has 3 nitrogen and oxygen atoms in total. The first-order valence-corrected chi connectivity index (χ1v) is 12.9. The molecular weight excluding hydrogens is 402 g/mol. The van der Waals surface area contributed by atoms with Gasteiger partial charge in [0.1, 0.15) is 0 Å². The van der Waals surface area contributed by atoms with E-state index in [0.717, 1.165) is 12.1 Å². The van der Waals surface area contributed by atoms with E-state index in [4.69, 9.17) is 0 Å². The molecule has 1 N–H and O–H groups in total. The highest BCUT2D eigenvalue weighted by Gasteiger charge is 2.29. The van der Waals surface area contributed by atoms with Gasteiger partial charge in [-0.2, -0.15) is 0 Å². The first-order chi connectivity index (χ1) is 15.8. The average molecular weight is 450 g/mol. The van der Waals surface area contributed by atoms with Gasteiger partial charge in [0, 0.05) is 42.9 Å². The predicted octanol–water partition coefficient (Wildman–Crippen LogP) is 8.17. The molecule has 0 aromatic heterocycles. The van der Waals surface area contributed by atoms with E-state index in [9.17, 15) is 0 Å². The zero-order valence-electron chi connectivity index (χ0n) is 22.4. The number of nitrogens with zero attached hydrogens (tertiary/aromatic N) is 2. The van der Waals surface area contributed by atoms with E-state index in [1.807, 2.05) is 7.05 Å². The van der Waals surface area contributed by atoms with Crippen molar-refractivity contribution in [2.24, 2.45) is 0 Å². The molecule has 0 aliphatic heterocycles. The van der Waals surface area contributed by atoms with Crippen LogP contribution in [0.2, 0.25) is 0 Å². The highest BCUT2D eigenvalue weighted by molar-refractivity contribution is 5.71. The maximum absolute atomic E-state index is 4.42. The molecule has 1 unspecified atom stereocenters. The number of rotatable bonds is 13. The molecule has 2 aromatic carbocycles. The van der Waals surface area contributed by atoms with Gasteiger partial charge in [0.25, 0.3) is 0 Å². The zero-order valence-corrected chi connectivity index (χ0v) is 22.4. The van der Waals surface area contributed by atoms with Crippen molar-refractivity contribution in [3.8, 4) is 0 Å². The van der Waals surface area contributed by atoms with Crippen molar-refractivity contribution >= 4 is 17.1 Å². The van der Waals surface area contributed by atoms with E-state index in [0.29, 0.717) is 12.0 Å². The molecule has 2 rings (SSSR count). The van der Waals surface area contributed by atoms with Crippen LogP contribution in [0.15, 0.2) is 54.7 Å². The maximum Gasteiger partial charge on any atom is 0.0682 e. The van der Waals surface area contributed by atoms with E-state index in [-0.39, 0.29) is 6.04 Å². The topological polar surface area (TPSA) is 18.5 Å². The fraction of sp³-hybridized carbons (Fsp3) is 0.533. The number of hydrogen-bond donors (Lipinski definition) is 1. The van der Waals surface area contributed by atoms with Gasteiger partial charge >= 0.3 is 0 Å². The minimum absolute atomic E-state index is 0.259. The third-order valence-electron chi connectivity index (χ3n) is 6.77. The van der Waals surface area contributed by atoms with Gasteiger partial charge in [-0.3, -0.25) is 0 Å². The van der Waals surface area contributed by atoms with Crippen LogP contribution in [0.3, 0.4) is 0 Å². The SMILES string of the molecule is C=C(NC)C(CC)N(c1cc(N(C)c2cccc(C)c2)ccc1C(C)C)C(CCC)CCC. The molecule has 0 aliphatic rings. The van der Waals surface area contributed by atoms with Gasteiger partial charge in [-0.15, -0.1) is 0 Å². The van der Waals surface area contributed by atoms with E-state index < -0.39 is 0 Å². The molecule has 0 spiro atoms. The summed E-state index contributed by atoms with van der Waals surface area (Å²) in [7, 11) is 4.18. The van der Waals surface area contributed by atoms with Crippen molar-refractivity contribution in [1.29, 1.82) is 0 Å². The van der Waals surface area contributed by atoms with Crippen molar-refractivity contribution in [3.63, 3.8) is 0 Å². The van der Waals surface area contributed by atoms with Crippen molar-refractivity contribution < 1.29 is 0 Å². The van der Waals surface area contributed by atoms with E-state index in [1.165, 1.54) is 53.9 Å². The lowest BCUT2D eigenvalue weighted by Crippen LogP contribution is -2.46. The third kappa shape index (κ3) is 6.56. The van der Waals surface area contributed by atoms with Gasteiger partial charge in [-0.05, 0) is 67.5 Å². The van der Waals surface area contributed by atoms with Crippen LogP contribution in [0.5, 0.6) is 0 Å². The van der Waals surface area contributed by atoms with Crippen molar-refractivity contribution in [1.82, 2.24) is 5.32 Å². The summed E-state index contributed by atoms with van der Waals surface area (Å²) in [6.07, 6.45) is 5.78. The smallest absolute Gasteiger partial charge is 0.0682 e. The van der Waals surface area contributed by atoms with Gasteiger partial charge < -0.3 is 15.1 Å². The van der Waals surface area contributed by atoms with Gasteiger partial charge in [-0.1, -0.05) is 72.2 Å². The van der Waals surface area contributed by atoms with Gasteiger partial charge in [0.2, 0.25) is 0 Å². The highest BCUT2D eigenvalue weighted by atomic mass is 15.2. The Morgan fingerprint density at radius 1 is 0.970 bits per heavy atom. The molecule has 0 saturated heterocycles. The zero-order chi connectivity index (χ0) is 24.5. The van der Waals surface area contributed by atoms with Crippen LogP contribution in [0.25, 0.3) is 0 Å². The number of aryl methyl sites for hydroxylation is 1. The Balaban J connectivity index is 2.70. The van der Waals surface area contributed by atoms with Crippen molar-refractivity contribution in [3.05, 3.63) is 65.9 Å². The van der Waals surface area contributed by atoms with E-state index in [2.05, 4.69) is 113 Å². The summed E-state index contributed by atoms with van der Waals surface area (Å²) in [5.41, 5.74) is 7.59. The quantitative estimate of drug-likeness (QED) is 0.332. The maximum atomic E-state index is 4.42. The predicted molar refractivity (Wildman–Crippen MR) is 148 cm³/mol. The Hall–Kier alpha value is -2.42. The Kier molecular flexibility index (Phi) is 10.3. The summed E-state index contributed by atoms with van der Waals surface area (Å²) in [4.78, 5) is 5.01. The normalized spacial score (nSPS) is 12.2. The molecule has 2 aromatic rings. The molecule has 33 heavy (non-hydrogen) atoms. The number of nitrogens with one attached hydrogen (secondary N) is 1. The molecule has 0 saturated carbocycles. The number of hydrogen-bond acceptors (Lipinski definition) is 3. The molecular formula is C30H47N3. The molecule has 182 valence electrons. The van der Waals surface area contributed by atoms with Crippen LogP contribution in [-0.2, 0) is 0 Å². The Labute approximate surface area is 203 Å². The molecule has 0 amide bonds. The van der Waals surface area contributed by atoms with Gasteiger partial charge in [-0.25, -0.2) is 0 Å². The second-order valence-corrected chi connectivity index (χ2v) is 9.63. The number of benzene rings is 2. The monoisotopic (exact) mass is 449 g/mol. The molecule has 0 aliphatic carbocycles. The van der Waals surface area contributed by atoms with Crippen molar-refractivity contribution in [2.75, 3.05) is 23.9 Å². The summed E-state index contributed by atoms with van der Waals surface area (Å²) >= 11 is 0. The summed E-state index contributed by atoms with van der Waals surface area (Å²) in [6.45, 7) is 18.1. The van der Waals surface area contributed by atoms with Crippen LogP contribution in [-0.4, -0.2) is 26.2 Å². The lowest BCUT2D eigenvalue weighted by molar-refractivity contribution is 0.456. The Bertz CT molecular complexity index is 880. The molecule has 3 heteroatoms. The lowest BCUT2D eigenvalue weighted by Gasteiger charge is -2.42. The average Bonchev–Trinajstić information content (AvgIpc) is 2.81. The molecule has 0 heterocycles. The fourth-order valence-corrected chi connectivity index (χ4v) is 4.92. The van der Waals surface area contributed by atoms with Crippen LogP contribution >= 0.6 is 0 Å². The van der Waals surface area contributed by atoms with Gasteiger partial charge in [0.05, 0.1) is 6.04 Å². The highest BCUT2D eigenvalue weighted by Crippen LogP contribution is 2.38. The minimum atomic E-state index is 0.259. The first kappa shape index (κ1) is 26.8. The second kappa shape index (κ2) is 12.7. The summed E-state index contributed by atoms with van der Waals surface area (Å²) in [5.74, 6) is 0.449. The minimum Gasteiger partial charge on any atom is -0.390 e. The summed E-state index contributed by atoms with van der Waals surface area (Å²) < 4.78 is 0. The molecule has 0 radical (unpaired) electrons. The van der Waals surface area contributed by atoms with E-state index in [1.54, 1.807) is 0 Å². The van der Waals surface area contributed by atoms with Crippen LogP contribution in [0.1, 0.15) is 83.8 Å². The Morgan fingerprint density at radius 3 is 2.12 bits per heavy atom. The van der Waals surface area contributed by atoms with Crippen LogP contribution in [0, 0.1) is 6.92 Å². The Morgan fingerprint density at radius 2 is 1.61 bits per heavy atom. The van der Waals surface area contributed by atoms with E-state index >= 15 is 0 Å². The largest absolute Gasteiger partial charge is 0.390 e. The van der Waals surface area contributed by atoms with Crippen LogP contribution in [0.4, 0.5) is 17.1 Å². The summed E-state index contributed by atoms with van der Waals surface area (Å²) in [5, 5.41) is 3.38. The van der Waals surface area contributed by atoms with Crippen molar-refractivity contribution in [2.45, 2.75) is 91.6 Å². The number of anilines is 3. The standard InChI is InChI=1S/C30H47N3/c1-10-14-25(15-11-2)33(29(12-3)24(7)31-8)30-21-27(18-19-28(30)22(4)5)32(9)26-17-13-16-23(6)20-26/h13,16-22,25,29,31H,7,10-12,14-15H2,1-6,8-9H3. The molecule has 1 atom stereocenters. The lowest BCUT2D eigenvalue weighted by atomic mass is 9.93. The second-order valence-electron chi connectivity index (χ2n) is 9.63. The van der Waals surface area contributed by atoms with Crippen LogP contribution < -0.4 is 15.1 Å². The number of likely N-dealkylation sites (N-methyl/N-ethyl adjacent to an activating group) is 1. The third-order valence-corrected chi connectivity index (χ3v) is 6.77. The summed E-state index contributed by atoms with van der Waals surface area (Å²) in [6, 6.07) is 16.5. The molecule has 0 bridgehead atoms. The van der Waals surface area contributed by atoms with Gasteiger partial charge in [0.15, 0.2) is 0 Å². The first-order valence-electron chi connectivity index (χ1n) is 12.9. The molecule has 0 fully saturated rings.